The Labute approximate surface area is 661 Å². The largest absolute Gasteiger partial charge is 0.461 e. The van der Waals surface area contributed by atoms with Gasteiger partial charge in [0.15, 0.2) is 5.78 Å². The van der Waals surface area contributed by atoms with E-state index < -0.39 is 47.3 Å². The van der Waals surface area contributed by atoms with Gasteiger partial charge in [0.1, 0.15) is 45.3 Å². The molecule has 0 bridgehead atoms. The lowest BCUT2D eigenvalue weighted by atomic mass is 9.87. The maximum absolute atomic E-state index is 14.3. The number of aromatic nitrogens is 4. The fraction of sp³-hybridized carbons (Fsp3) is 0.341. The average Bonchev–Trinajstić information content (AvgIpc) is 1.00. The van der Waals surface area contributed by atoms with Crippen molar-refractivity contribution in [3.63, 3.8) is 0 Å². The number of piperidine rings is 1. The van der Waals surface area contributed by atoms with Crippen molar-refractivity contribution >= 4 is 81.1 Å². The number of thiazole rings is 1. The Balaban J connectivity index is 0.000000163. The van der Waals surface area contributed by atoms with E-state index in [4.69, 9.17) is 27.5 Å². The van der Waals surface area contributed by atoms with Crippen molar-refractivity contribution in [3.05, 3.63) is 246 Å². The van der Waals surface area contributed by atoms with E-state index in [2.05, 4.69) is 60.8 Å². The minimum atomic E-state index is -4.44. The Kier molecular flexibility index (Phi) is 27.6. The molecule has 588 valence electrons. The van der Waals surface area contributed by atoms with Gasteiger partial charge in [0.25, 0.3) is 17.1 Å². The second kappa shape index (κ2) is 36.6. The van der Waals surface area contributed by atoms with Crippen molar-refractivity contribution < 1.29 is 60.2 Å². The van der Waals surface area contributed by atoms with Gasteiger partial charge in [0.05, 0.1) is 45.0 Å². The van der Waals surface area contributed by atoms with Crippen molar-refractivity contribution in [1.29, 1.82) is 0 Å². The van der Waals surface area contributed by atoms with E-state index >= 15 is 0 Å². The zero-order chi connectivity index (χ0) is 79.8. The van der Waals surface area contributed by atoms with Crippen molar-refractivity contribution in [3.8, 4) is 33.0 Å². The number of allylic oxidation sites excluding steroid dienone is 1. The molecular weight excluding hydrogens is 1500 g/mol. The minimum absolute atomic E-state index is 0. The first-order valence-corrected chi connectivity index (χ1v) is 38.4. The number of nitrogens with two attached hydrogens (primary N) is 2. The summed E-state index contributed by atoms with van der Waals surface area (Å²) in [5, 5.41) is 13.4. The molecule has 0 saturated carbocycles. The van der Waals surface area contributed by atoms with Crippen LogP contribution in [0.4, 0.5) is 32.4 Å². The van der Waals surface area contributed by atoms with E-state index in [-0.39, 0.29) is 83.5 Å². The zero-order valence-electron chi connectivity index (χ0n) is 62.5. The lowest BCUT2D eigenvalue weighted by Crippen LogP contribution is -2.55. The molecule has 0 spiro atoms. The quantitative estimate of drug-likeness (QED) is 0.0322. The van der Waals surface area contributed by atoms with Gasteiger partial charge in [-0.05, 0) is 192 Å². The van der Waals surface area contributed by atoms with Gasteiger partial charge in [-0.25, -0.2) is 18.7 Å². The molecule has 14 rings (SSSR count). The maximum atomic E-state index is 14.3. The topological polar surface area (TPSA) is 264 Å². The van der Waals surface area contributed by atoms with Gasteiger partial charge in [0.2, 0.25) is 11.8 Å². The van der Waals surface area contributed by atoms with Gasteiger partial charge < -0.3 is 40.6 Å². The highest BCUT2D eigenvalue weighted by Gasteiger charge is 2.50. The Morgan fingerprint density at radius 3 is 2.29 bits per heavy atom. The number of aliphatic hydroxyl groups is 1. The van der Waals surface area contributed by atoms with Crippen LogP contribution in [0.2, 0.25) is 5.02 Å². The second-order valence-electron chi connectivity index (χ2n) is 29.0. The molecule has 0 radical (unpaired) electrons. The predicted molar refractivity (Wildman–Crippen MR) is 429 cm³/mol. The number of carbonyl (C=O) groups excluding carboxylic acids is 6. The first kappa shape index (κ1) is 84.4. The Hall–Kier alpha value is -10.1. The lowest BCUT2D eigenvalue weighted by molar-refractivity contribution is -0.181. The molecule has 5 atom stereocenters. The number of amides is 5. The van der Waals surface area contributed by atoms with E-state index in [1.54, 1.807) is 50.5 Å². The summed E-state index contributed by atoms with van der Waals surface area (Å²) < 4.78 is 75.1. The molecule has 27 heteroatoms. The van der Waals surface area contributed by atoms with Gasteiger partial charge in [0, 0.05) is 116 Å². The number of halogens is 6. The molecule has 5 amide bonds. The van der Waals surface area contributed by atoms with Crippen LogP contribution in [0.3, 0.4) is 0 Å². The summed E-state index contributed by atoms with van der Waals surface area (Å²) in [5.74, 6) is -0.850. The van der Waals surface area contributed by atoms with E-state index in [0.29, 0.717) is 68.8 Å². The number of nitrogens with one attached hydrogen (secondary N) is 1. The highest BCUT2D eigenvalue weighted by Crippen LogP contribution is 2.43. The normalized spacial score (nSPS) is 18.8. The number of furan rings is 1. The van der Waals surface area contributed by atoms with E-state index in [1.165, 1.54) is 51.3 Å². The number of pyridine rings is 3. The fourth-order valence-electron chi connectivity index (χ4n) is 14.1. The number of hydrogen-bond acceptors (Lipinski definition) is 17. The van der Waals surface area contributed by atoms with E-state index in [0.717, 1.165) is 129 Å². The molecule has 4 fully saturated rings. The Bertz CT molecular complexity index is 5000. The number of imide groups is 1. The van der Waals surface area contributed by atoms with Crippen molar-refractivity contribution in [2.45, 2.75) is 130 Å². The predicted octanol–water partition coefficient (Wildman–Crippen LogP) is 15.4. The molecule has 4 aromatic carbocycles. The van der Waals surface area contributed by atoms with Crippen molar-refractivity contribution in [2.24, 2.45) is 17.4 Å². The molecular formula is C85H91ClF5N11O8S2. The maximum Gasteiger partial charge on any atom is 0.399 e. The molecule has 2 unspecified atom stereocenters. The van der Waals surface area contributed by atoms with Crippen LogP contribution >= 0.6 is 34.7 Å². The number of alkyl halides is 3. The van der Waals surface area contributed by atoms with Crippen LogP contribution in [0.1, 0.15) is 130 Å². The summed E-state index contributed by atoms with van der Waals surface area (Å²) in [6.45, 7) is 18.9. The average molecular weight is 1590 g/mol. The number of likely N-dealkylation sites (tertiary alicyclic amines) is 1. The molecule has 5 aliphatic rings. The monoisotopic (exact) mass is 1590 g/mol. The Morgan fingerprint density at radius 2 is 1.58 bits per heavy atom. The Morgan fingerprint density at radius 1 is 0.830 bits per heavy atom. The highest BCUT2D eigenvalue weighted by atomic mass is 35.5. The van der Waals surface area contributed by atoms with Crippen molar-refractivity contribution in [1.82, 2.24) is 40.0 Å². The zero-order valence-corrected chi connectivity index (χ0v) is 64.9. The molecule has 9 heterocycles. The number of benzene rings is 4. The number of aryl methyl sites for hydroxylation is 3. The molecule has 5 aromatic heterocycles. The van der Waals surface area contributed by atoms with Crippen LogP contribution in [-0.2, 0) is 45.5 Å². The van der Waals surface area contributed by atoms with Gasteiger partial charge in [-0.2, -0.15) is 13.2 Å². The number of carbonyl (C=O) groups is 6. The van der Waals surface area contributed by atoms with Gasteiger partial charge >= 0.3 is 6.18 Å². The van der Waals surface area contributed by atoms with Gasteiger partial charge in [-0.1, -0.05) is 98.3 Å². The number of Topliss-reactive ketones (excluding diaryl/α,β-unsaturated/α-hetero) is 1. The fourth-order valence-corrected chi connectivity index (χ4v) is 16.0. The van der Waals surface area contributed by atoms with Gasteiger partial charge in [-0.15, -0.1) is 11.3 Å². The highest BCUT2D eigenvalue weighted by molar-refractivity contribution is 8.18. The number of nitrogens with zero attached hydrogens (tertiary/aromatic N) is 8. The number of anilines is 1. The van der Waals surface area contributed by atoms with Crippen LogP contribution in [-0.4, -0.2) is 152 Å². The van der Waals surface area contributed by atoms with Gasteiger partial charge in [-0.3, -0.25) is 44.1 Å². The number of fused-ring (bicyclic) bond motifs is 1. The standard InChI is InChI=1S/C28H29ClN2O2.C25H26F2N4O2.C20H23F3N4O2S.C11H9NO2S.CH4/c1-19-15-20-7-8-23(29)17-26(20)25(19)18-24-9-10-27(33-24)21-5-3-6-22(16-21)28(32)31-12-4-11-30(2)13-14-31;1-14-6-7-20(30-24(14)23-17(26)4-3-5-18(23)27)22(32)10-16-11-29-9-8-21(16)31-12-15(2)25(33)19(28)13-31;1-11-17(12-6-7-25-14(9-12)19(2,3)20(21,22)23)30-15(26-11)10-16(28)27-8-4-5-13(27)18(24)29;1-7-3-2-4-8(5-7)6-9-10(13)12-11(14)15-9;/h3,5-10,16-17,25H,1,4,11-15,18H2,2H3;3-9,11,15,19,25,33H,10,12-13,28H2,1-2H3;6-7,9,13H,4-5,8,10H2,1-3H3,(H2,24,29);2-6H,1H3,(H,12,13,14);1H4/b;;;9-6-;/t;15-,19+,25?;13-;;/m.00../s1. The summed E-state index contributed by atoms with van der Waals surface area (Å²) in [6.07, 6.45) is 5.28. The lowest BCUT2D eigenvalue weighted by Gasteiger charge is -2.40. The molecule has 4 saturated heterocycles. The summed E-state index contributed by atoms with van der Waals surface area (Å²) >= 11 is 8.44. The first-order chi connectivity index (χ1) is 52.8. The molecule has 112 heavy (non-hydrogen) atoms. The third-order valence-corrected chi connectivity index (χ3v) is 22.6. The number of likely N-dealkylation sites (N-methyl/N-ethyl adjacent to an activating group) is 1. The molecule has 6 N–H and O–H groups in total. The second-order valence-corrected chi connectivity index (χ2v) is 31.5. The molecule has 9 aromatic rings. The number of rotatable bonds is 15. The minimum Gasteiger partial charge on any atom is -0.461 e. The van der Waals surface area contributed by atoms with Crippen LogP contribution in [0, 0.1) is 38.3 Å². The number of thioether (sulfide) groups is 1. The van der Waals surface area contributed by atoms with E-state index in [1.807, 2.05) is 91.5 Å². The third kappa shape index (κ3) is 20.2. The SMILES string of the molecule is C.C=C1Cc2ccc(Cl)cc2C1Cc1ccc(-c2cccc(C(=O)N3CCCN(C)CC3)c2)o1.Cc1ccc(C(=O)Cc2cnccc2N2C[C@@H](N)C(O)[C@@H](C)C2)nc1-c1c(F)cccc1F.Cc1cccc(/C=C2\SC(=O)NC2=O)c1.Cc1nc(CC(=O)N2CCC[C@H]2C(N)=O)sc1-c1ccnc(C(C)(C)C(F)(F)F)c1. The molecule has 1 aliphatic carbocycles. The van der Waals surface area contributed by atoms with Crippen LogP contribution < -0.4 is 21.7 Å². The third-order valence-electron chi connectivity index (χ3n) is 20.4. The van der Waals surface area contributed by atoms with Crippen molar-refractivity contribution in [2.75, 3.05) is 57.8 Å². The molecule has 19 nitrogen and oxygen atoms in total. The number of ketones is 1. The number of aliphatic hydroxyl groups excluding tert-OH is 1. The summed E-state index contributed by atoms with van der Waals surface area (Å²) in [7, 11) is 2.11. The van der Waals surface area contributed by atoms with Crippen LogP contribution in [0.5, 0.6) is 0 Å². The smallest absolute Gasteiger partial charge is 0.399 e. The summed E-state index contributed by atoms with van der Waals surface area (Å²) in [5.41, 5.74) is 20.0. The summed E-state index contributed by atoms with van der Waals surface area (Å²) in [4.78, 5) is 98.3. The summed E-state index contributed by atoms with van der Waals surface area (Å²) in [6, 6.07) is 36.4. The molecule has 4 aliphatic heterocycles. The first-order valence-electron chi connectivity index (χ1n) is 36.4. The number of hydrogen-bond donors (Lipinski definition) is 4. The van der Waals surface area contributed by atoms with E-state index in [9.17, 15) is 55.8 Å². The van der Waals surface area contributed by atoms with Crippen LogP contribution in [0.15, 0.2) is 167 Å². The van der Waals surface area contributed by atoms with Crippen LogP contribution in [0.25, 0.3) is 39.1 Å². The number of primary amides is 1.